The summed E-state index contributed by atoms with van der Waals surface area (Å²) < 4.78 is 11.1. The number of carbonyl (C=O) groups is 1. The summed E-state index contributed by atoms with van der Waals surface area (Å²) in [7, 11) is 0. The Balaban J connectivity index is 2.06. The zero-order valence-electron chi connectivity index (χ0n) is 10.7. The first-order chi connectivity index (χ1) is 8.95. The SMILES string of the molecule is CC1CC(OC(=O)c2cc(Cl)ncc2Cl)CC(C)O1. The molecule has 0 aliphatic carbocycles. The topological polar surface area (TPSA) is 48.4 Å². The lowest BCUT2D eigenvalue weighted by Crippen LogP contribution is -2.35. The predicted molar refractivity (Wildman–Crippen MR) is 72.7 cm³/mol. The van der Waals surface area contributed by atoms with Crippen LogP contribution in [0.3, 0.4) is 0 Å². The second-order valence-corrected chi connectivity index (χ2v) is 5.54. The molecule has 0 bridgehead atoms. The molecule has 0 saturated carbocycles. The molecule has 104 valence electrons. The summed E-state index contributed by atoms with van der Waals surface area (Å²) in [6, 6.07) is 1.42. The number of pyridine rings is 1. The molecule has 0 spiro atoms. The van der Waals surface area contributed by atoms with Gasteiger partial charge in [-0.1, -0.05) is 23.2 Å². The summed E-state index contributed by atoms with van der Waals surface area (Å²) in [6.07, 6.45) is 2.72. The number of nitrogens with zero attached hydrogens (tertiary/aromatic N) is 1. The van der Waals surface area contributed by atoms with Crippen molar-refractivity contribution in [1.82, 2.24) is 4.98 Å². The third-order valence-electron chi connectivity index (χ3n) is 2.97. The first kappa shape index (κ1) is 14.6. The van der Waals surface area contributed by atoms with Gasteiger partial charge in [0.25, 0.3) is 0 Å². The van der Waals surface area contributed by atoms with E-state index in [1.165, 1.54) is 12.3 Å². The zero-order valence-corrected chi connectivity index (χ0v) is 12.2. The summed E-state index contributed by atoms with van der Waals surface area (Å²) in [5, 5.41) is 0.451. The third-order valence-corrected chi connectivity index (χ3v) is 3.48. The molecule has 0 amide bonds. The first-order valence-electron chi connectivity index (χ1n) is 6.13. The highest BCUT2D eigenvalue weighted by Gasteiger charge is 2.28. The molecule has 2 rings (SSSR count). The zero-order chi connectivity index (χ0) is 14.0. The largest absolute Gasteiger partial charge is 0.459 e. The van der Waals surface area contributed by atoms with Gasteiger partial charge in [0.05, 0.1) is 22.8 Å². The van der Waals surface area contributed by atoms with Crippen molar-refractivity contribution < 1.29 is 14.3 Å². The van der Waals surface area contributed by atoms with Crippen molar-refractivity contribution >= 4 is 29.2 Å². The van der Waals surface area contributed by atoms with Gasteiger partial charge in [0.1, 0.15) is 11.3 Å². The van der Waals surface area contributed by atoms with Crippen LogP contribution in [0.5, 0.6) is 0 Å². The van der Waals surface area contributed by atoms with Crippen molar-refractivity contribution in [1.29, 1.82) is 0 Å². The molecule has 19 heavy (non-hydrogen) atoms. The second kappa shape index (κ2) is 6.07. The van der Waals surface area contributed by atoms with Crippen LogP contribution in [0.2, 0.25) is 10.2 Å². The number of halogens is 2. The predicted octanol–water partition coefficient (Wildman–Crippen LogP) is 3.50. The van der Waals surface area contributed by atoms with Crippen LogP contribution in [0, 0.1) is 0 Å². The van der Waals surface area contributed by atoms with E-state index in [1.54, 1.807) is 0 Å². The van der Waals surface area contributed by atoms with Gasteiger partial charge in [0, 0.05) is 19.0 Å². The number of ether oxygens (including phenoxy) is 2. The highest BCUT2D eigenvalue weighted by molar-refractivity contribution is 6.34. The van der Waals surface area contributed by atoms with Crippen LogP contribution < -0.4 is 0 Å². The fourth-order valence-corrected chi connectivity index (χ4v) is 2.56. The maximum Gasteiger partial charge on any atom is 0.340 e. The van der Waals surface area contributed by atoms with E-state index in [0.29, 0.717) is 12.8 Å². The van der Waals surface area contributed by atoms with Crippen LogP contribution in [0.4, 0.5) is 0 Å². The molecule has 1 aliphatic rings. The van der Waals surface area contributed by atoms with Gasteiger partial charge >= 0.3 is 5.97 Å². The molecule has 1 aromatic rings. The summed E-state index contributed by atoms with van der Waals surface area (Å²) in [5.41, 5.74) is 0.244. The summed E-state index contributed by atoms with van der Waals surface area (Å²) in [4.78, 5) is 15.9. The quantitative estimate of drug-likeness (QED) is 0.620. The lowest BCUT2D eigenvalue weighted by molar-refractivity contribution is -0.0855. The van der Waals surface area contributed by atoms with Gasteiger partial charge in [0.15, 0.2) is 0 Å². The van der Waals surface area contributed by atoms with Crippen molar-refractivity contribution in [2.45, 2.75) is 45.0 Å². The molecule has 1 aliphatic heterocycles. The van der Waals surface area contributed by atoms with Gasteiger partial charge in [-0.15, -0.1) is 0 Å². The number of hydrogen-bond acceptors (Lipinski definition) is 4. The van der Waals surface area contributed by atoms with E-state index in [9.17, 15) is 4.79 Å². The average molecular weight is 304 g/mol. The van der Waals surface area contributed by atoms with Crippen molar-refractivity contribution in [2.75, 3.05) is 0 Å². The Morgan fingerprint density at radius 1 is 1.37 bits per heavy atom. The van der Waals surface area contributed by atoms with E-state index >= 15 is 0 Å². The van der Waals surface area contributed by atoms with E-state index < -0.39 is 5.97 Å². The van der Waals surface area contributed by atoms with E-state index in [0.717, 1.165) is 0 Å². The van der Waals surface area contributed by atoms with Gasteiger partial charge in [-0.2, -0.15) is 0 Å². The fraction of sp³-hybridized carbons (Fsp3) is 0.538. The Morgan fingerprint density at radius 2 is 2.00 bits per heavy atom. The molecule has 0 radical (unpaired) electrons. The third kappa shape index (κ3) is 3.81. The molecule has 1 fully saturated rings. The van der Waals surface area contributed by atoms with Crippen LogP contribution in [0.15, 0.2) is 12.3 Å². The summed E-state index contributed by atoms with van der Waals surface area (Å²) >= 11 is 11.7. The number of rotatable bonds is 2. The molecule has 0 aromatic carbocycles. The van der Waals surface area contributed by atoms with Gasteiger partial charge in [-0.05, 0) is 19.9 Å². The van der Waals surface area contributed by atoms with Crippen molar-refractivity contribution in [3.05, 3.63) is 28.0 Å². The van der Waals surface area contributed by atoms with E-state index in [2.05, 4.69) is 4.98 Å². The number of carbonyl (C=O) groups excluding carboxylic acids is 1. The van der Waals surface area contributed by atoms with Crippen LogP contribution in [0.1, 0.15) is 37.0 Å². The summed E-state index contributed by atoms with van der Waals surface area (Å²) in [5.74, 6) is -0.472. The van der Waals surface area contributed by atoms with Crippen LogP contribution in [-0.4, -0.2) is 29.3 Å². The molecule has 0 N–H and O–H groups in total. The minimum Gasteiger partial charge on any atom is -0.459 e. The van der Waals surface area contributed by atoms with Crippen LogP contribution >= 0.6 is 23.2 Å². The monoisotopic (exact) mass is 303 g/mol. The van der Waals surface area contributed by atoms with E-state index in [4.69, 9.17) is 32.7 Å². The highest BCUT2D eigenvalue weighted by atomic mass is 35.5. The standard InChI is InChI=1S/C13H15Cl2NO3/c1-7-3-9(4-8(2)18-7)19-13(17)10-5-12(15)16-6-11(10)14/h5-9H,3-4H2,1-2H3. The molecular weight excluding hydrogens is 289 g/mol. The van der Waals surface area contributed by atoms with Gasteiger partial charge in [-0.3, -0.25) is 0 Å². The minimum atomic E-state index is -0.472. The molecule has 2 atom stereocenters. The van der Waals surface area contributed by atoms with Gasteiger partial charge in [-0.25, -0.2) is 9.78 Å². The Labute approximate surface area is 122 Å². The van der Waals surface area contributed by atoms with Gasteiger partial charge in [0.2, 0.25) is 0 Å². The highest BCUT2D eigenvalue weighted by Crippen LogP contribution is 2.25. The van der Waals surface area contributed by atoms with Crippen molar-refractivity contribution in [2.24, 2.45) is 0 Å². The lowest BCUT2D eigenvalue weighted by atomic mass is 10.0. The first-order valence-corrected chi connectivity index (χ1v) is 6.88. The maximum absolute atomic E-state index is 12.1. The lowest BCUT2D eigenvalue weighted by Gasteiger charge is -2.31. The average Bonchev–Trinajstić information content (AvgIpc) is 2.30. The second-order valence-electron chi connectivity index (χ2n) is 4.74. The molecule has 4 nitrogen and oxygen atoms in total. The Hall–Kier alpha value is -0.840. The van der Waals surface area contributed by atoms with Crippen molar-refractivity contribution in [3.63, 3.8) is 0 Å². The normalized spacial score (nSPS) is 27.1. The molecule has 2 unspecified atom stereocenters. The Morgan fingerprint density at radius 3 is 2.63 bits per heavy atom. The molecule has 1 aromatic heterocycles. The van der Waals surface area contributed by atoms with Crippen LogP contribution in [0.25, 0.3) is 0 Å². The fourth-order valence-electron chi connectivity index (χ4n) is 2.23. The molecule has 6 heteroatoms. The number of hydrogen-bond donors (Lipinski definition) is 0. The Bertz CT molecular complexity index is 471. The van der Waals surface area contributed by atoms with Gasteiger partial charge < -0.3 is 9.47 Å². The van der Waals surface area contributed by atoms with E-state index in [1.807, 2.05) is 13.8 Å². The van der Waals surface area contributed by atoms with Crippen molar-refractivity contribution in [3.8, 4) is 0 Å². The molecule has 1 saturated heterocycles. The maximum atomic E-state index is 12.1. The summed E-state index contributed by atoms with van der Waals surface area (Å²) in [6.45, 7) is 3.93. The number of esters is 1. The van der Waals surface area contributed by atoms with Crippen LogP contribution in [-0.2, 0) is 9.47 Å². The minimum absolute atomic E-state index is 0.0815. The Kier molecular flexibility index (Phi) is 4.66. The molecular formula is C13H15Cl2NO3. The van der Waals surface area contributed by atoms with E-state index in [-0.39, 0.29) is 34.1 Å². The number of aromatic nitrogens is 1. The molecule has 2 heterocycles. The smallest absolute Gasteiger partial charge is 0.340 e.